The summed E-state index contributed by atoms with van der Waals surface area (Å²) in [5.74, 6) is 0.939. The lowest BCUT2D eigenvalue weighted by Gasteiger charge is -2.10. The summed E-state index contributed by atoms with van der Waals surface area (Å²) in [4.78, 5) is 16.5. The van der Waals surface area contributed by atoms with Crippen molar-refractivity contribution >= 4 is 17.4 Å². The third-order valence-electron chi connectivity index (χ3n) is 3.15. The van der Waals surface area contributed by atoms with Crippen molar-refractivity contribution in [3.05, 3.63) is 53.7 Å². The predicted molar refractivity (Wildman–Crippen MR) is 86.9 cm³/mol. The van der Waals surface area contributed by atoms with Gasteiger partial charge in [0.05, 0.1) is 0 Å². The number of rotatable bonds is 5. The molecule has 0 spiro atoms. The minimum atomic E-state index is -0.198. The van der Waals surface area contributed by atoms with Gasteiger partial charge in [-0.25, -0.2) is 4.98 Å². The zero-order valence-electron chi connectivity index (χ0n) is 12.7. The Hall–Kier alpha value is -2.36. The molecule has 1 heterocycles. The molecule has 0 saturated heterocycles. The van der Waals surface area contributed by atoms with Gasteiger partial charge < -0.3 is 10.6 Å². The topological polar surface area (TPSA) is 54.0 Å². The fourth-order valence-electron chi connectivity index (χ4n) is 2.01. The van der Waals surface area contributed by atoms with Gasteiger partial charge in [0.15, 0.2) is 0 Å². The number of benzene rings is 1. The van der Waals surface area contributed by atoms with Crippen LogP contribution in [0.2, 0.25) is 0 Å². The van der Waals surface area contributed by atoms with Crippen LogP contribution in [0.5, 0.6) is 0 Å². The van der Waals surface area contributed by atoms with Crippen LogP contribution in [0, 0.1) is 0 Å². The van der Waals surface area contributed by atoms with Gasteiger partial charge in [0.1, 0.15) is 11.5 Å². The molecule has 21 heavy (non-hydrogen) atoms. The fraction of sp³-hybridized carbons (Fsp3) is 0.294. The van der Waals surface area contributed by atoms with Crippen LogP contribution in [0.4, 0.5) is 11.5 Å². The van der Waals surface area contributed by atoms with Crippen LogP contribution in [0.15, 0.2) is 42.5 Å². The van der Waals surface area contributed by atoms with Crippen molar-refractivity contribution in [2.75, 3.05) is 17.2 Å². The van der Waals surface area contributed by atoms with Gasteiger partial charge >= 0.3 is 0 Å². The Morgan fingerprint density at radius 1 is 1.19 bits per heavy atom. The molecule has 2 aromatic rings. The Labute approximate surface area is 125 Å². The third-order valence-corrected chi connectivity index (χ3v) is 3.15. The molecule has 0 atom stereocenters. The Bertz CT molecular complexity index is 623. The van der Waals surface area contributed by atoms with Crippen molar-refractivity contribution in [2.45, 2.75) is 26.7 Å². The van der Waals surface area contributed by atoms with Gasteiger partial charge in [-0.15, -0.1) is 0 Å². The molecule has 4 heteroatoms. The maximum atomic E-state index is 12.3. The summed E-state index contributed by atoms with van der Waals surface area (Å²) in [7, 11) is 0. The number of amides is 1. The molecule has 1 aromatic heterocycles. The van der Waals surface area contributed by atoms with E-state index in [9.17, 15) is 4.79 Å². The summed E-state index contributed by atoms with van der Waals surface area (Å²) in [6.45, 7) is 7.02. The number of nitrogens with one attached hydrogen (secondary N) is 2. The average molecular weight is 283 g/mol. The molecule has 2 rings (SSSR count). The zero-order chi connectivity index (χ0) is 15.2. The minimum absolute atomic E-state index is 0.198. The highest BCUT2D eigenvalue weighted by Gasteiger charge is 2.09. The highest BCUT2D eigenvalue weighted by Crippen LogP contribution is 2.19. The van der Waals surface area contributed by atoms with E-state index in [-0.39, 0.29) is 5.91 Å². The molecule has 4 nitrogen and oxygen atoms in total. The fourth-order valence-corrected chi connectivity index (χ4v) is 2.01. The van der Waals surface area contributed by atoms with E-state index in [2.05, 4.69) is 35.5 Å². The maximum Gasteiger partial charge on any atom is 0.274 e. The van der Waals surface area contributed by atoms with Crippen LogP contribution < -0.4 is 10.6 Å². The van der Waals surface area contributed by atoms with Crippen molar-refractivity contribution in [2.24, 2.45) is 0 Å². The molecular weight excluding hydrogens is 262 g/mol. The number of hydrogen-bond donors (Lipinski definition) is 2. The number of carbonyl (C=O) groups is 1. The predicted octanol–water partition coefficient (Wildman–Crippen LogP) is 3.89. The van der Waals surface area contributed by atoms with E-state index in [0.29, 0.717) is 17.4 Å². The second-order valence-electron chi connectivity index (χ2n) is 5.17. The van der Waals surface area contributed by atoms with Gasteiger partial charge in [-0.3, -0.25) is 4.79 Å². The average Bonchev–Trinajstić information content (AvgIpc) is 2.48. The largest absolute Gasteiger partial charge is 0.370 e. The van der Waals surface area contributed by atoms with E-state index >= 15 is 0 Å². The number of anilines is 2. The zero-order valence-corrected chi connectivity index (χ0v) is 12.7. The smallest absolute Gasteiger partial charge is 0.274 e. The lowest BCUT2D eigenvalue weighted by atomic mass is 10.0. The molecule has 0 aliphatic carbocycles. The normalized spacial score (nSPS) is 10.5. The van der Waals surface area contributed by atoms with Crippen molar-refractivity contribution in [3.8, 4) is 0 Å². The van der Waals surface area contributed by atoms with E-state index in [1.807, 2.05) is 37.3 Å². The number of nitrogens with zero attached hydrogens (tertiary/aromatic N) is 1. The van der Waals surface area contributed by atoms with Crippen LogP contribution >= 0.6 is 0 Å². The number of pyridine rings is 1. The second-order valence-corrected chi connectivity index (χ2v) is 5.17. The van der Waals surface area contributed by atoms with E-state index < -0.39 is 0 Å². The molecule has 0 unspecified atom stereocenters. The molecule has 1 aromatic carbocycles. The summed E-state index contributed by atoms with van der Waals surface area (Å²) in [6.07, 6.45) is 0. The van der Waals surface area contributed by atoms with Crippen LogP contribution in [0.3, 0.4) is 0 Å². The lowest BCUT2D eigenvalue weighted by molar-refractivity contribution is 0.102. The summed E-state index contributed by atoms with van der Waals surface area (Å²) in [5, 5.41) is 5.99. The SMILES string of the molecule is CCNc1cccc(C(=O)Nc2cccc(C(C)C)c2)n1. The highest BCUT2D eigenvalue weighted by atomic mass is 16.1. The molecule has 2 N–H and O–H groups in total. The van der Waals surface area contributed by atoms with Gasteiger partial charge in [-0.1, -0.05) is 32.0 Å². The van der Waals surface area contributed by atoms with Crippen LogP contribution in [0.25, 0.3) is 0 Å². The molecule has 0 aliphatic rings. The summed E-state index contributed by atoms with van der Waals surface area (Å²) in [6, 6.07) is 13.3. The minimum Gasteiger partial charge on any atom is -0.370 e. The first kappa shape index (κ1) is 15.0. The Balaban J connectivity index is 2.14. The molecule has 110 valence electrons. The van der Waals surface area contributed by atoms with Crippen molar-refractivity contribution < 1.29 is 4.79 Å². The molecular formula is C17H21N3O. The van der Waals surface area contributed by atoms with Crippen molar-refractivity contribution in [1.29, 1.82) is 0 Å². The van der Waals surface area contributed by atoms with Gasteiger partial charge in [0.2, 0.25) is 0 Å². The maximum absolute atomic E-state index is 12.3. The van der Waals surface area contributed by atoms with Crippen molar-refractivity contribution in [1.82, 2.24) is 4.98 Å². The monoisotopic (exact) mass is 283 g/mol. The molecule has 0 fully saturated rings. The van der Waals surface area contributed by atoms with Gasteiger partial charge in [-0.2, -0.15) is 0 Å². The molecule has 1 amide bonds. The first-order chi connectivity index (χ1) is 10.1. The summed E-state index contributed by atoms with van der Waals surface area (Å²) in [5.41, 5.74) is 2.40. The van der Waals surface area contributed by atoms with Crippen LogP contribution in [-0.2, 0) is 0 Å². The van der Waals surface area contributed by atoms with E-state index in [0.717, 1.165) is 12.2 Å². The quantitative estimate of drug-likeness (QED) is 0.875. The number of hydrogen-bond acceptors (Lipinski definition) is 3. The second kappa shape index (κ2) is 6.88. The third kappa shape index (κ3) is 4.05. The molecule has 0 aliphatic heterocycles. The van der Waals surface area contributed by atoms with E-state index in [1.165, 1.54) is 5.56 Å². The Morgan fingerprint density at radius 3 is 2.67 bits per heavy atom. The standard InChI is InChI=1S/C17H21N3O/c1-4-18-16-10-6-9-15(20-16)17(21)19-14-8-5-7-13(11-14)12(2)3/h5-12H,4H2,1-3H3,(H,18,20)(H,19,21). The van der Waals surface area contributed by atoms with Gasteiger partial charge in [0, 0.05) is 12.2 Å². The molecule has 0 radical (unpaired) electrons. The Kier molecular flexibility index (Phi) is 4.93. The lowest BCUT2D eigenvalue weighted by Crippen LogP contribution is -2.14. The first-order valence-electron chi connectivity index (χ1n) is 7.22. The van der Waals surface area contributed by atoms with E-state index in [4.69, 9.17) is 0 Å². The number of aromatic nitrogens is 1. The van der Waals surface area contributed by atoms with Crippen molar-refractivity contribution in [3.63, 3.8) is 0 Å². The van der Waals surface area contributed by atoms with Crippen LogP contribution in [0.1, 0.15) is 42.7 Å². The Morgan fingerprint density at radius 2 is 1.95 bits per heavy atom. The summed E-state index contributed by atoms with van der Waals surface area (Å²) >= 11 is 0. The van der Waals surface area contributed by atoms with Crippen LogP contribution in [-0.4, -0.2) is 17.4 Å². The number of carbonyl (C=O) groups excluding carboxylic acids is 1. The molecule has 0 bridgehead atoms. The van der Waals surface area contributed by atoms with Gasteiger partial charge in [-0.05, 0) is 42.7 Å². The summed E-state index contributed by atoms with van der Waals surface area (Å²) < 4.78 is 0. The van der Waals surface area contributed by atoms with E-state index in [1.54, 1.807) is 6.07 Å². The van der Waals surface area contributed by atoms with Gasteiger partial charge in [0.25, 0.3) is 5.91 Å². The first-order valence-corrected chi connectivity index (χ1v) is 7.22. The highest BCUT2D eigenvalue weighted by molar-refractivity contribution is 6.03. The molecule has 0 saturated carbocycles.